The molecule has 0 fully saturated rings. The first-order valence-corrected chi connectivity index (χ1v) is 4.60. The highest BCUT2D eigenvalue weighted by atomic mass is 16.3. The first-order chi connectivity index (χ1) is 6.59. The van der Waals surface area contributed by atoms with Crippen LogP contribution in [0.5, 0.6) is 0 Å². The maximum Gasteiger partial charge on any atom is 0.163 e. The van der Waals surface area contributed by atoms with Gasteiger partial charge in [-0.05, 0) is 38.5 Å². The second-order valence-electron chi connectivity index (χ2n) is 3.59. The molecule has 2 heteroatoms. The van der Waals surface area contributed by atoms with Crippen LogP contribution in [0.4, 0.5) is 0 Å². The summed E-state index contributed by atoms with van der Waals surface area (Å²) >= 11 is 0. The third kappa shape index (κ3) is 1.23. The fraction of sp³-hybridized carbons (Fsp3) is 0.250. The minimum Gasteiger partial charge on any atom is -0.461 e. The molecule has 0 aliphatic heterocycles. The molecule has 2 rings (SSSR count). The zero-order valence-electron chi connectivity index (χ0n) is 8.55. The molecule has 0 unspecified atom stereocenters. The van der Waals surface area contributed by atoms with Crippen LogP contribution < -0.4 is 0 Å². The lowest BCUT2D eigenvalue weighted by atomic mass is 10.1. The van der Waals surface area contributed by atoms with Crippen molar-refractivity contribution < 1.29 is 9.21 Å². The number of aryl methyl sites for hydroxylation is 2. The van der Waals surface area contributed by atoms with Crippen LogP contribution >= 0.6 is 0 Å². The molecule has 0 atom stereocenters. The summed E-state index contributed by atoms with van der Waals surface area (Å²) < 4.78 is 5.52. The van der Waals surface area contributed by atoms with Crippen LogP contribution in [0.1, 0.15) is 28.6 Å². The summed E-state index contributed by atoms with van der Waals surface area (Å²) in [5.41, 5.74) is 2.52. The van der Waals surface area contributed by atoms with E-state index in [-0.39, 0.29) is 5.78 Å². The molecule has 1 aromatic carbocycles. The smallest absolute Gasteiger partial charge is 0.163 e. The zero-order valence-corrected chi connectivity index (χ0v) is 8.55. The number of furan rings is 1. The summed E-state index contributed by atoms with van der Waals surface area (Å²) in [4.78, 5) is 11.3. The molecular weight excluding hydrogens is 176 g/mol. The largest absolute Gasteiger partial charge is 0.461 e. The first kappa shape index (κ1) is 9.00. The number of rotatable bonds is 1. The fourth-order valence-corrected chi connectivity index (χ4v) is 1.66. The van der Waals surface area contributed by atoms with E-state index in [1.807, 2.05) is 32.0 Å². The number of carbonyl (C=O) groups excluding carboxylic acids is 1. The van der Waals surface area contributed by atoms with E-state index in [4.69, 9.17) is 4.42 Å². The van der Waals surface area contributed by atoms with Gasteiger partial charge in [0.15, 0.2) is 5.78 Å². The van der Waals surface area contributed by atoms with Crippen molar-refractivity contribution in [1.82, 2.24) is 0 Å². The molecule has 1 aromatic heterocycles. The van der Waals surface area contributed by atoms with Gasteiger partial charge >= 0.3 is 0 Å². The van der Waals surface area contributed by atoms with Crippen LogP contribution in [0.15, 0.2) is 22.6 Å². The van der Waals surface area contributed by atoms with Crippen LogP contribution in [0, 0.1) is 13.8 Å². The summed E-state index contributed by atoms with van der Waals surface area (Å²) in [6.45, 7) is 5.46. The van der Waals surface area contributed by atoms with Crippen molar-refractivity contribution in [3.63, 3.8) is 0 Å². The molecule has 2 nitrogen and oxygen atoms in total. The summed E-state index contributed by atoms with van der Waals surface area (Å²) in [6, 6.07) is 5.74. The van der Waals surface area contributed by atoms with Crippen molar-refractivity contribution in [3.05, 3.63) is 35.1 Å². The number of hydrogen-bond donors (Lipinski definition) is 0. The Labute approximate surface area is 82.5 Å². The Morgan fingerprint density at radius 2 is 2.00 bits per heavy atom. The van der Waals surface area contributed by atoms with E-state index in [0.29, 0.717) is 5.56 Å². The van der Waals surface area contributed by atoms with Gasteiger partial charge in [0.05, 0.1) is 5.56 Å². The Kier molecular flexibility index (Phi) is 1.92. The molecule has 0 N–H and O–H groups in total. The van der Waals surface area contributed by atoms with Gasteiger partial charge in [0, 0.05) is 5.39 Å². The summed E-state index contributed by atoms with van der Waals surface area (Å²) in [7, 11) is 0. The SMILES string of the molecule is CC(=O)c1ccc(C)c2cc(C)oc12. The van der Waals surface area contributed by atoms with Crippen molar-refractivity contribution in [1.29, 1.82) is 0 Å². The van der Waals surface area contributed by atoms with Crippen LogP contribution in [-0.4, -0.2) is 5.78 Å². The fourth-order valence-electron chi connectivity index (χ4n) is 1.66. The van der Waals surface area contributed by atoms with Gasteiger partial charge in [-0.1, -0.05) is 6.07 Å². The zero-order chi connectivity index (χ0) is 10.3. The Morgan fingerprint density at radius 1 is 1.29 bits per heavy atom. The molecule has 1 heterocycles. The predicted molar refractivity (Wildman–Crippen MR) is 55.7 cm³/mol. The lowest BCUT2D eigenvalue weighted by molar-refractivity contribution is 0.101. The third-order valence-electron chi connectivity index (χ3n) is 2.40. The lowest BCUT2D eigenvalue weighted by Crippen LogP contribution is -1.92. The summed E-state index contributed by atoms with van der Waals surface area (Å²) in [5, 5.41) is 1.04. The van der Waals surface area contributed by atoms with Gasteiger partial charge in [-0.15, -0.1) is 0 Å². The van der Waals surface area contributed by atoms with Crippen molar-refractivity contribution in [2.75, 3.05) is 0 Å². The van der Waals surface area contributed by atoms with Gasteiger partial charge in [-0.3, -0.25) is 4.79 Å². The third-order valence-corrected chi connectivity index (χ3v) is 2.40. The topological polar surface area (TPSA) is 30.2 Å². The number of ketones is 1. The van der Waals surface area contributed by atoms with Gasteiger partial charge in [-0.25, -0.2) is 0 Å². The van der Waals surface area contributed by atoms with E-state index in [1.165, 1.54) is 0 Å². The first-order valence-electron chi connectivity index (χ1n) is 4.60. The molecule has 0 saturated carbocycles. The highest BCUT2D eigenvalue weighted by Gasteiger charge is 2.11. The minimum atomic E-state index is 0.0457. The van der Waals surface area contributed by atoms with Crippen LogP contribution in [0.2, 0.25) is 0 Å². The molecule has 0 spiro atoms. The van der Waals surface area contributed by atoms with Crippen molar-refractivity contribution >= 4 is 16.8 Å². The molecule has 14 heavy (non-hydrogen) atoms. The van der Waals surface area contributed by atoms with Crippen molar-refractivity contribution in [2.45, 2.75) is 20.8 Å². The number of hydrogen-bond acceptors (Lipinski definition) is 2. The monoisotopic (exact) mass is 188 g/mol. The predicted octanol–water partition coefficient (Wildman–Crippen LogP) is 3.25. The summed E-state index contributed by atoms with van der Waals surface area (Å²) in [6.07, 6.45) is 0. The summed E-state index contributed by atoms with van der Waals surface area (Å²) in [5.74, 6) is 0.890. The molecule has 0 aliphatic carbocycles. The Balaban J connectivity index is 2.87. The molecular formula is C12H12O2. The second kappa shape index (κ2) is 2.98. The molecule has 0 aliphatic rings. The quantitative estimate of drug-likeness (QED) is 0.643. The Morgan fingerprint density at radius 3 is 2.64 bits per heavy atom. The second-order valence-corrected chi connectivity index (χ2v) is 3.59. The van der Waals surface area contributed by atoms with Crippen molar-refractivity contribution in [2.24, 2.45) is 0 Å². The van der Waals surface area contributed by atoms with E-state index in [2.05, 4.69) is 0 Å². The highest BCUT2D eigenvalue weighted by Crippen LogP contribution is 2.26. The van der Waals surface area contributed by atoms with E-state index in [0.717, 1.165) is 22.3 Å². The molecule has 72 valence electrons. The molecule has 2 aromatic rings. The van der Waals surface area contributed by atoms with Crippen LogP contribution in [0.3, 0.4) is 0 Å². The van der Waals surface area contributed by atoms with E-state index in [9.17, 15) is 4.79 Å². The van der Waals surface area contributed by atoms with Gasteiger partial charge in [0.2, 0.25) is 0 Å². The van der Waals surface area contributed by atoms with Crippen LogP contribution in [-0.2, 0) is 0 Å². The normalized spacial score (nSPS) is 10.8. The maximum atomic E-state index is 11.3. The van der Waals surface area contributed by atoms with E-state index < -0.39 is 0 Å². The molecule has 0 bridgehead atoms. The molecule has 0 saturated heterocycles. The van der Waals surface area contributed by atoms with Crippen molar-refractivity contribution in [3.8, 4) is 0 Å². The van der Waals surface area contributed by atoms with E-state index >= 15 is 0 Å². The average Bonchev–Trinajstić information content (AvgIpc) is 2.47. The van der Waals surface area contributed by atoms with Gasteiger partial charge in [0.1, 0.15) is 11.3 Å². The van der Waals surface area contributed by atoms with Gasteiger partial charge in [0.25, 0.3) is 0 Å². The van der Waals surface area contributed by atoms with Crippen LogP contribution in [0.25, 0.3) is 11.0 Å². The highest BCUT2D eigenvalue weighted by molar-refractivity contribution is 6.05. The van der Waals surface area contributed by atoms with Gasteiger partial charge in [-0.2, -0.15) is 0 Å². The van der Waals surface area contributed by atoms with E-state index in [1.54, 1.807) is 6.92 Å². The molecule has 0 radical (unpaired) electrons. The number of benzene rings is 1. The standard InChI is InChI=1S/C12H12O2/c1-7-4-5-10(9(3)13)12-11(7)6-8(2)14-12/h4-6H,1-3H3. The lowest BCUT2D eigenvalue weighted by Gasteiger charge is -1.99. The minimum absolute atomic E-state index is 0.0457. The average molecular weight is 188 g/mol. The Bertz CT molecular complexity index is 506. The molecule has 0 amide bonds. The Hall–Kier alpha value is -1.57. The number of Topliss-reactive ketones (excluding diaryl/α,β-unsaturated/α-hetero) is 1. The maximum absolute atomic E-state index is 11.3. The number of carbonyl (C=O) groups is 1. The van der Waals surface area contributed by atoms with Gasteiger partial charge < -0.3 is 4.42 Å². The number of fused-ring (bicyclic) bond motifs is 1.